The molecule has 2 heterocycles. The minimum atomic E-state index is -1.06. The molecule has 0 aromatic rings. The smallest absolute Gasteiger partial charge is 0.329 e. The van der Waals surface area contributed by atoms with Gasteiger partial charge in [-0.15, -0.1) is 0 Å². The Balaban J connectivity index is 1.59. The normalized spacial score (nSPS) is 34.0. The van der Waals surface area contributed by atoms with Crippen molar-refractivity contribution in [2.24, 2.45) is 0 Å². The van der Waals surface area contributed by atoms with Crippen LogP contribution >= 0.6 is 0 Å². The minimum Gasteiger partial charge on any atom is -0.480 e. The first-order valence-corrected chi connectivity index (χ1v) is 8.06. The maximum atomic E-state index is 12.5. The highest BCUT2D eigenvalue weighted by molar-refractivity contribution is 5.86. The first kappa shape index (κ1) is 14.6. The summed E-state index contributed by atoms with van der Waals surface area (Å²) in [7, 11) is 0. The first-order chi connectivity index (χ1) is 10.0. The van der Waals surface area contributed by atoms with E-state index in [4.69, 9.17) is 0 Å². The Hall–Kier alpha value is -1.30. The lowest BCUT2D eigenvalue weighted by atomic mass is 9.89. The number of urea groups is 1. The van der Waals surface area contributed by atoms with E-state index in [2.05, 4.69) is 10.2 Å². The third-order valence-corrected chi connectivity index (χ3v) is 5.21. The van der Waals surface area contributed by atoms with E-state index in [1.165, 1.54) is 17.7 Å². The van der Waals surface area contributed by atoms with Crippen LogP contribution in [0.1, 0.15) is 45.4 Å². The van der Waals surface area contributed by atoms with E-state index in [9.17, 15) is 14.7 Å². The van der Waals surface area contributed by atoms with Crippen LogP contribution in [0.15, 0.2) is 0 Å². The molecule has 2 aliphatic heterocycles. The van der Waals surface area contributed by atoms with Crippen molar-refractivity contribution in [1.29, 1.82) is 0 Å². The number of carbonyl (C=O) groups is 2. The molecular formula is C15H25N3O3. The van der Waals surface area contributed by atoms with Gasteiger partial charge in [0.25, 0.3) is 0 Å². The lowest BCUT2D eigenvalue weighted by Gasteiger charge is -2.41. The molecule has 0 bridgehead atoms. The topological polar surface area (TPSA) is 72.9 Å². The molecule has 2 unspecified atom stereocenters. The zero-order chi connectivity index (χ0) is 15.0. The van der Waals surface area contributed by atoms with E-state index >= 15 is 0 Å². The SMILES string of the molecule is CC1(C(=O)O)CCCCN1C(=O)NC1CCN(C2CC2)C1. The summed E-state index contributed by atoms with van der Waals surface area (Å²) in [6, 6.07) is 0.687. The largest absolute Gasteiger partial charge is 0.480 e. The molecule has 0 aromatic carbocycles. The average molecular weight is 295 g/mol. The fourth-order valence-electron chi connectivity index (χ4n) is 3.60. The molecule has 0 radical (unpaired) electrons. The maximum absolute atomic E-state index is 12.5. The van der Waals surface area contributed by atoms with Gasteiger partial charge in [-0.3, -0.25) is 4.90 Å². The molecule has 0 spiro atoms. The van der Waals surface area contributed by atoms with Crippen molar-refractivity contribution in [3.63, 3.8) is 0 Å². The second-order valence-electron chi connectivity index (χ2n) is 6.85. The number of carboxylic acids is 1. The van der Waals surface area contributed by atoms with Crippen molar-refractivity contribution in [3.05, 3.63) is 0 Å². The Morgan fingerprint density at radius 1 is 1.19 bits per heavy atom. The zero-order valence-corrected chi connectivity index (χ0v) is 12.7. The molecule has 2 amide bonds. The molecule has 2 N–H and O–H groups in total. The van der Waals surface area contributed by atoms with Crippen molar-refractivity contribution in [2.45, 2.75) is 63.1 Å². The standard InChI is InChI=1S/C15H25N3O3/c1-15(13(19)20)7-2-3-8-18(15)14(21)16-11-6-9-17(10-11)12-4-5-12/h11-12H,2-10H2,1H3,(H,16,21)(H,19,20). The molecule has 1 aliphatic carbocycles. The van der Waals surface area contributed by atoms with Crippen LogP contribution in [-0.4, -0.2) is 64.2 Å². The molecule has 3 fully saturated rings. The summed E-state index contributed by atoms with van der Waals surface area (Å²) < 4.78 is 0. The van der Waals surface area contributed by atoms with E-state index in [0.29, 0.717) is 13.0 Å². The Bertz CT molecular complexity index is 438. The Labute approximate surface area is 125 Å². The predicted octanol–water partition coefficient (Wildman–Crippen LogP) is 1.26. The average Bonchev–Trinajstić information content (AvgIpc) is 3.20. The van der Waals surface area contributed by atoms with Gasteiger partial charge >= 0.3 is 12.0 Å². The number of amides is 2. The molecule has 118 valence electrons. The highest BCUT2D eigenvalue weighted by atomic mass is 16.4. The summed E-state index contributed by atoms with van der Waals surface area (Å²) >= 11 is 0. The van der Waals surface area contributed by atoms with Crippen LogP contribution in [0.5, 0.6) is 0 Å². The molecule has 3 aliphatic rings. The van der Waals surface area contributed by atoms with Gasteiger partial charge < -0.3 is 15.3 Å². The fraction of sp³-hybridized carbons (Fsp3) is 0.867. The third-order valence-electron chi connectivity index (χ3n) is 5.21. The number of hydrogen-bond donors (Lipinski definition) is 2. The summed E-state index contributed by atoms with van der Waals surface area (Å²) in [5, 5.41) is 12.5. The van der Waals surface area contributed by atoms with Gasteiger partial charge in [0.2, 0.25) is 0 Å². The quantitative estimate of drug-likeness (QED) is 0.822. The monoisotopic (exact) mass is 295 g/mol. The summed E-state index contributed by atoms with van der Waals surface area (Å²) in [6.07, 6.45) is 5.82. The van der Waals surface area contributed by atoms with Gasteiger partial charge in [-0.1, -0.05) is 0 Å². The first-order valence-electron chi connectivity index (χ1n) is 8.06. The summed E-state index contributed by atoms with van der Waals surface area (Å²) in [4.78, 5) is 28.0. The molecule has 21 heavy (non-hydrogen) atoms. The fourth-order valence-corrected chi connectivity index (χ4v) is 3.60. The van der Waals surface area contributed by atoms with Crippen molar-refractivity contribution in [2.75, 3.05) is 19.6 Å². The number of nitrogens with zero attached hydrogens (tertiary/aromatic N) is 2. The van der Waals surface area contributed by atoms with Crippen molar-refractivity contribution < 1.29 is 14.7 Å². The van der Waals surface area contributed by atoms with E-state index in [0.717, 1.165) is 38.4 Å². The Morgan fingerprint density at radius 3 is 2.62 bits per heavy atom. The van der Waals surface area contributed by atoms with Gasteiger partial charge in [-0.25, -0.2) is 9.59 Å². The molecule has 0 aromatic heterocycles. The van der Waals surface area contributed by atoms with E-state index in [1.54, 1.807) is 6.92 Å². The number of piperidine rings is 1. The third kappa shape index (κ3) is 2.86. The van der Waals surface area contributed by atoms with Gasteiger partial charge in [-0.2, -0.15) is 0 Å². The molecule has 6 nitrogen and oxygen atoms in total. The van der Waals surface area contributed by atoms with Crippen LogP contribution in [0.2, 0.25) is 0 Å². The van der Waals surface area contributed by atoms with Gasteiger partial charge in [0, 0.05) is 31.7 Å². The van der Waals surface area contributed by atoms with Crippen molar-refractivity contribution >= 4 is 12.0 Å². The molecule has 6 heteroatoms. The number of rotatable bonds is 3. The van der Waals surface area contributed by atoms with E-state index in [1.807, 2.05) is 0 Å². The van der Waals surface area contributed by atoms with E-state index in [-0.39, 0.29) is 12.1 Å². The van der Waals surface area contributed by atoms with Gasteiger partial charge in [0.05, 0.1) is 0 Å². The molecular weight excluding hydrogens is 270 g/mol. The lowest BCUT2D eigenvalue weighted by molar-refractivity contribution is -0.150. The Morgan fingerprint density at radius 2 is 1.95 bits per heavy atom. The number of carboxylic acid groups (broad SMARTS) is 1. The Kier molecular flexibility index (Phi) is 3.82. The van der Waals surface area contributed by atoms with Crippen LogP contribution in [0.4, 0.5) is 4.79 Å². The second kappa shape index (κ2) is 5.48. The van der Waals surface area contributed by atoms with Crippen LogP contribution in [0.25, 0.3) is 0 Å². The number of likely N-dealkylation sites (tertiary alicyclic amines) is 2. The molecule has 2 saturated heterocycles. The summed E-state index contributed by atoms with van der Waals surface area (Å²) in [5.41, 5.74) is -1.06. The summed E-state index contributed by atoms with van der Waals surface area (Å²) in [5.74, 6) is -0.900. The van der Waals surface area contributed by atoms with Gasteiger partial charge in [0.1, 0.15) is 5.54 Å². The van der Waals surface area contributed by atoms with E-state index < -0.39 is 11.5 Å². The number of hydrogen-bond acceptors (Lipinski definition) is 3. The van der Waals surface area contributed by atoms with Gasteiger partial charge in [0.15, 0.2) is 0 Å². The highest BCUT2D eigenvalue weighted by Crippen LogP contribution is 2.31. The maximum Gasteiger partial charge on any atom is 0.329 e. The highest BCUT2D eigenvalue weighted by Gasteiger charge is 2.44. The van der Waals surface area contributed by atoms with Crippen molar-refractivity contribution in [3.8, 4) is 0 Å². The van der Waals surface area contributed by atoms with Crippen LogP contribution < -0.4 is 5.32 Å². The zero-order valence-electron chi connectivity index (χ0n) is 12.7. The minimum absolute atomic E-state index is 0.165. The van der Waals surface area contributed by atoms with Crippen LogP contribution in [-0.2, 0) is 4.79 Å². The van der Waals surface area contributed by atoms with Crippen LogP contribution in [0, 0.1) is 0 Å². The van der Waals surface area contributed by atoms with Gasteiger partial charge in [-0.05, 0) is 45.4 Å². The number of nitrogens with one attached hydrogen (secondary N) is 1. The number of carbonyl (C=O) groups excluding carboxylic acids is 1. The molecule has 3 rings (SSSR count). The lowest BCUT2D eigenvalue weighted by Crippen LogP contribution is -2.61. The molecule has 2 atom stereocenters. The van der Waals surface area contributed by atoms with Crippen LogP contribution in [0.3, 0.4) is 0 Å². The molecule has 1 saturated carbocycles. The summed E-state index contributed by atoms with van der Waals surface area (Å²) in [6.45, 7) is 4.16. The predicted molar refractivity (Wildman–Crippen MR) is 78.1 cm³/mol. The second-order valence-corrected chi connectivity index (χ2v) is 6.85. The number of aliphatic carboxylic acids is 1. The van der Waals surface area contributed by atoms with Crippen molar-refractivity contribution in [1.82, 2.24) is 15.1 Å².